The minimum absolute atomic E-state index is 0.516. The lowest BCUT2D eigenvalue weighted by Crippen LogP contribution is -1.97. The zero-order chi connectivity index (χ0) is 18.1. The third-order valence-corrected chi connectivity index (χ3v) is 4.27. The number of rotatable bonds is 4. The van der Waals surface area contributed by atoms with Crippen LogP contribution in [0.2, 0.25) is 5.02 Å². The third kappa shape index (κ3) is 2.84. The van der Waals surface area contributed by atoms with Crippen LogP contribution >= 0.6 is 11.6 Å². The van der Waals surface area contributed by atoms with Gasteiger partial charge >= 0.3 is 0 Å². The highest BCUT2D eigenvalue weighted by molar-refractivity contribution is 6.30. The van der Waals surface area contributed by atoms with Crippen LogP contribution in [0.4, 0.5) is 0 Å². The summed E-state index contributed by atoms with van der Waals surface area (Å²) in [6.07, 6.45) is 1.71. The second-order valence-corrected chi connectivity index (χ2v) is 5.99. The highest BCUT2D eigenvalue weighted by atomic mass is 35.5. The Labute approximate surface area is 155 Å². The molecule has 0 atom stereocenters. The quantitative estimate of drug-likeness (QED) is 0.543. The Kier molecular flexibility index (Phi) is 4.18. The zero-order valence-corrected chi connectivity index (χ0v) is 14.9. The predicted octanol–water partition coefficient (Wildman–Crippen LogP) is 4.13. The van der Waals surface area contributed by atoms with E-state index in [-0.39, 0.29) is 0 Å². The molecule has 130 valence electrons. The van der Waals surface area contributed by atoms with Gasteiger partial charge in [-0.05, 0) is 48.5 Å². The molecule has 6 nitrogen and oxygen atoms in total. The van der Waals surface area contributed by atoms with Gasteiger partial charge in [0.25, 0.3) is 5.78 Å². The van der Waals surface area contributed by atoms with Crippen molar-refractivity contribution in [2.75, 3.05) is 14.2 Å². The van der Waals surface area contributed by atoms with Gasteiger partial charge in [0.15, 0.2) is 17.3 Å². The maximum atomic E-state index is 5.96. The van der Waals surface area contributed by atoms with Gasteiger partial charge in [0, 0.05) is 22.3 Å². The van der Waals surface area contributed by atoms with Crippen molar-refractivity contribution in [3.63, 3.8) is 0 Å². The van der Waals surface area contributed by atoms with E-state index in [0.29, 0.717) is 28.1 Å². The van der Waals surface area contributed by atoms with Crippen molar-refractivity contribution in [2.45, 2.75) is 0 Å². The number of aromatic nitrogens is 4. The summed E-state index contributed by atoms with van der Waals surface area (Å²) >= 11 is 5.96. The largest absolute Gasteiger partial charge is 0.493 e. The van der Waals surface area contributed by atoms with E-state index in [1.54, 1.807) is 24.9 Å². The molecule has 0 unspecified atom stereocenters. The number of ether oxygens (including phenoxy) is 2. The molecule has 0 fully saturated rings. The fourth-order valence-corrected chi connectivity index (χ4v) is 2.86. The van der Waals surface area contributed by atoms with Crippen LogP contribution in [-0.4, -0.2) is 33.8 Å². The van der Waals surface area contributed by atoms with Crippen LogP contribution in [0.3, 0.4) is 0 Å². The summed E-state index contributed by atoms with van der Waals surface area (Å²) < 4.78 is 12.4. The van der Waals surface area contributed by atoms with Crippen molar-refractivity contribution in [1.29, 1.82) is 0 Å². The average Bonchev–Trinajstić information content (AvgIpc) is 3.12. The van der Waals surface area contributed by atoms with Crippen LogP contribution in [0.15, 0.2) is 54.7 Å². The lowest BCUT2D eigenvalue weighted by molar-refractivity contribution is 0.355. The van der Waals surface area contributed by atoms with Gasteiger partial charge in [-0.1, -0.05) is 11.6 Å². The van der Waals surface area contributed by atoms with Crippen molar-refractivity contribution in [3.05, 3.63) is 59.8 Å². The first-order chi connectivity index (χ1) is 12.7. The van der Waals surface area contributed by atoms with Crippen LogP contribution in [-0.2, 0) is 0 Å². The molecule has 2 heterocycles. The smallest absolute Gasteiger partial charge is 0.253 e. The molecule has 7 heteroatoms. The predicted molar refractivity (Wildman–Crippen MR) is 99.8 cm³/mol. The number of nitrogens with zero attached hydrogens (tertiary/aromatic N) is 4. The van der Waals surface area contributed by atoms with Crippen molar-refractivity contribution in [2.24, 2.45) is 0 Å². The topological polar surface area (TPSA) is 61.5 Å². The number of hydrogen-bond donors (Lipinski definition) is 0. The molecule has 0 aliphatic rings. The maximum absolute atomic E-state index is 5.96. The van der Waals surface area contributed by atoms with Gasteiger partial charge in [0.2, 0.25) is 0 Å². The van der Waals surface area contributed by atoms with Gasteiger partial charge in [-0.15, -0.1) is 5.10 Å². The minimum Gasteiger partial charge on any atom is -0.493 e. The molecule has 0 saturated carbocycles. The molecule has 0 saturated heterocycles. The van der Waals surface area contributed by atoms with E-state index in [2.05, 4.69) is 15.1 Å². The Bertz CT molecular complexity index is 1080. The third-order valence-electron chi connectivity index (χ3n) is 4.02. The van der Waals surface area contributed by atoms with Gasteiger partial charge in [-0.25, -0.2) is 4.98 Å². The molecule has 0 N–H and O–H groups in total. The first-order valence-corrected chi connectivity index (χ1v) is 8.27. The highest BCUT2D eigenvalue weighted by Gasteiger charge is 2.13. The first kappa shape index (κ1) is 16.4. The number of fused-ring (bicyclic) bond motifs is 1. The first-order valence-electron chi connectivity index (χ1n) is 7.89. The van der Waals surface area contributed by atoms with Gasteiger partial charge in [0.1, 0.15) is 0 Å². The van der Waals surface area contributed by atoms with Crippen molar-refractivity contribution >= 4 is 17.4 Å². The van der Waals surface area contributed by atoms with Crippen LogP contribution in [0.1, 0.15) is 0 Å². The van der Waals surface area contributed by atoms with Crippen molar-refractivity contribution < 1.29 is 9.47 Å². The molecular formula is C19H15ClN4O2. The molecule has 0 amide bonds. The van der Waals surface area contributed by atoms with E-state index >= 15 is 0 Å². The number of halogens is 1. The van der Waals surface area contributed by atoms with Gasteiger partial charge in [-0.2, -0.15) is 9.50 Å². The van der Waals surface area contributed by atoms with Crippen LogP contribution < -0.4 is 9.47 Å². The normalized spacial score (nSPS) is 10.9. The standard InChI is InChI=1S/C19H15ClN4O2/c1-25-16-8-5-13(11-17(16)26-2)15-9-10-21-19-22-18(23-24(15)19)12-3-6-14(20)7-4-12/h3-11H,1-2H3. The van der Waals surface area contributed by atoms with Crippen LogP contribution in [0.25, 0.3) is 28.4 Å². The second kappa shape index (κ2) is 6.65. The monoisotopic (exact) mass is 366 g/mol. The molecule has 26 heavy (non-hydrogen) atoms. The zero-order valence-electron chi connectivity index (χ0n) is 14.2. The van der Waals surface area contributed by atoms with E-state index in [0.717, 1.165) is 16.8 Å². The van der Waals surface area contributed by atoms with Crippen molar-refractivity contribution in [1.82, 2.24) is 19.6 Å². The fourth-order valence-electron chi connectivity index (χ4n) is 2.73. The lowest BCUT2D eigenvalue weighted by atomic mass is 10.1. The van der Waals surface area contributed by atoms with E-state index in [1.807, 2.05) is 48.5 Å². The highest BCUT2D eigenvalue weighted by Crippen LogP contribution is 2.32. The summed E-state index contributed by atoms with van der Waals surface area (Å²) in [6.45, 7) is 0. The van der Waals surface area contributed by atoms with Gasteiger partial charge in [-0.3, -0.25) is 0 Å². The second-order valence-electron chi connectivity index (χ2n) is 5.55. The van der Waals surface area contributed by atoms with Crippen LogP contribution in [0, 0.1) is 0 Å². The summed E-state index contributed by atoms with van der Waals surface area (Å²) in [5, 5.41) is 5.28. The molecule has 0 aliphatic heterocycles. The SMILES string of the molecule is COc1ccc(-c2ccnc3nc(-c4ccc(Cl)cc4)nn23)cc1OC. The van der Waals surface area contributed by atoms with Gasteiger partial charge in [0.05, 0.1) is 19.9 Å². The Morgan fingerprint density at radius 2 is 1.62 bits per heavy atom. The Hall–Kier alpha value is -3.12. The summed E-state index contributed by atoms with van der Waals surface area (Å²) in [4.78, 5) is 8.83. The molecule has 2 aromatic carbocycles. The summed E-state index contributed by atoms with van der Waals surface area (Å²) in [7, 11) is 3.22. The van der Waals surface area contributed by atoms with E-state index in [9.17, 15) is 0 Å². The molecule has 4 aromatic rings. The van der Waals surface area contributed by atoms with Crippen molar-refractivity contribution in [3.8, 4) is 34.1 Å². The number of hydrogen-bond acceptors (Lipinski definition) is 5. The molecule has 2 aromatic heterocycles. The fraction of sp³-hybridized carbons (Fsp3) is 0.105. The Morgan fingerprint density at radius 1 is 0.885 bits per heavy atom. The number of benzene rings is 2. The van der Waals surface area contributed by atoms with E-state index < -0.39 is 0 Å². The Balaban J connectivity index is 1.85. The summed E-state index contributed by atoms with van der Waals surface area (Å²) in [5.41, 5.74) is 2.64. The number of methoxy groups -OCH3 is 2. The molecule has 0 aliphatic carbocycles. The van der Waals surface area contributed by atoms with Crippen LogP contribution in [0.5, 0.6) is 11.5 Å². The molecule has 4 rings (SSSR count). The minimum atomic E-state index is 0.516. The average molecular weight is 367 g/mol. The molecule has 0 spiro atoms. The lowest BCUT2D eigenvalue weighted by Gasteiger charge is -2.10. The summed E-state index contributed by atoms with van der Waals surface area (Å²) in [6, 6.07) is 15.0. The molecule has 0 radical (unpaired) electrons. The van der Waals surface area contributed by atoms with E-state index in [4.69, 9.17) is 21.1 Å². The maximum Gasteiger partial charge on any atom is 0.253 e. The van der Waals surface area contributed by atoms with E-state index in [1.165, 1.54) is 0 Å². The summed E-state index contributed by atoms with van der Waals surface area (Å²) in [5.74, 6) is 2.42. The van der Waals surface area contributed by atoms with Gasteiger partial charge < -0.3 is 9.47 Å². The molecular weight excluding hydrogens is 352 g/mol. The Morgan fingerprint density at radius 3 is 2.35 bits per heavy atom. The molecule has 0 bridgehead atoms.